The summed E-state index contributed by atoms with van der Waals surface area (Å²) in [4.78, 5) is 15.9. The van der Waals surface area contributed by atoms with Gasteiger partial charge in [0.15, 0.2) is 0 Å². The lowest BCUT2D eigenvalue weighted by atomic mass is 10.0. The molecular weight excluding hydrogens is 218 g/mol. The fourth-order valence-corrected chi connectivity index (χ4v) is 1.83. The number of rotatable bonds is 2. The van der Waals surface area contributed by atoms with Crippen molar-refractivity contribution in [2.24, 2.45) is 5.92 Å². The SMILES string of the molecule is CC1OCCC1C(=O)Nc1ccc(C#N)cn1. The van der Waals surface area contributed by atoms with Gasteiger partial charge in [-0.05, 0) is 25.5 Å². The van der Waals surface area contributed by atoms with E-state index in [4.69, 9.17) is 10.00 Å². The van der Waals surface area contributed by atoms with Crippen molar-refractivity contribution in [3.63, 3.8) is 0 Å². The Morgan fingerprint density at radius 3 is 3.00 bits per heavy atom. The van der Waals surface area contributed by atoms with Crippen molar-refractivity contribution in [3.05, 3.63) is 23.9 Å². The van der Waals surface area contributed by atoms with Gasteiger partial charge in [0.1, 0.15) is 11.9 Å². The monoisotopic (exact) mass is 231 g/mol. The van der Waals surface area contributed by atoms with Crippen LogP contribution in [-0.4, -0.2) is 23.6 Å². The Morgan fingerprint density at radius 1 is 1.65 bits per heavy atom. The molecule has 0 bridgehead atoms. The minimum absolute atomic E-state index is 0.0478. The van der Waals surface area contributed by atoms with Crippen LogP contribution in [0.4, 0.5) is 5.82 Å². The van der Waals surface area contributed by atoms with Crippen molar-refractivity contribution in [3.8, 4) is 6.07 Å². The number of hydrogen-bond donors (Lipinski definition) is 1. The second-order valence-electron chi connectivity index (χ2n) is 4.00. The van der Waals surface area contributed by atoms with E-state index in [1.54, 1.807) is 12.1 Å². The predicted octanol–water partition coefficient (Wildman–Crippen LogP) is 1.32. The van der Waals surface area contributed by atoms with Crippen molar-refractivity contribution >= 4 is 11.7 Å². The number of amides is 1. The molecule has 2 rings (SSSR count). The molecule has 1 aliphatic heterocycles. The molecule has 0 radical (unpaired) electrons. The maximum atomic E-state index is 11.9. The normalized spacial score (nSPS) is 23.1. The first kappa shape index (κ1) is 11.6. The summed E-state index contributed by atoms with van der Waals surface area (Å²) >= 11 is 0. The molecular formula is C12H13N3O2. The first-order valence-electron chi connectivity index (χ1n) is 5.49. The zero-order valence-corrected chi connectivity index (χ0v) is 9.51. The number of carbonyl (C=O) groups excluding carboxylic acids is 1. The Hall–Kier alpha value is -1.93. The van der Waals surface area contributed by atoms with Crippen LogP contribution >= 0.6 is 0 Å². The summed E-state index contributed by atoms with van der Waals surface area (Å²) in [5.41, 5.74) is 0.473. The zero-order chi connectivity index (χ0) is 12.3. The summed E-state index contributed by atoms with van der Waals surface area (Å²) in [5, 5.41) is 11.3. The van der Waals surface area contributed by atoms with Crippen molar-refractivity contribution in [1.82, 2.24) is 4.98 Å². The molecule has 0 saturated carbocycles. The van der Waals surface area contributed by atoms with Gasteiger partial charge >= 0.3 is 0 Å². The topological polar surface area (TPSA) is 75.0 Å². The molecule has 1 aliphatic rings. The fraction of sp³-hybridized carbons (Fsp3) is 0.417. The van der Waals surface area contributed by atoms with Crippen LogP contribution < -0.4 is 5.32 Å². The van der Waals surface area contributed by atoms with Gasteiger partial charge in [0.2, 0.25) is 5.91 Å². The number of hydrogen-bond acceptors (Lipinski definition) is 4. The second kappa shape index (κ2) is 4.93. The van der Waals surface area contributed by atoms with E-state index in [0.717, 1.165) is 6.42 Å². The first-order chi connectivity index (χ1) is 8.20. The number of anilines is 1. The second-order valence-corrected chi connectivity index (χ2v) is 4.00. The third-order valence-corrected chi connectivity index (χ3v) is 2.86. The molecule has 2 unspecified atom stereocenters. The Morgan fingerprint density at radius 2 is 2.47 bits per heavy atom. The summed E-state index contributed by atoms with van der Waals surface area (Å²) in [6.45, 7) is 2.52. The van der Waals surface area contributed by atoms with Gasteiger partial charge in [0.25, 0.3) is 0 Å². The van der Waals surface area contributed by atoms with Crippen molar-refractivity contribution in [2.75, 3.05) is 11.9 Å². The van der Waals surface area contributed by atoms with Gasteiger partial charge < -0.3 is 10.1 Å². The van der Waals surface area contributed by atoms with Crippen LogP contribution in [0.2, 0.25) is 0 Å². The molecule has 0 aromatic carbocycles. The van der Waals surface area contributed by atoms with E-state index in [9.17, 15) is 4.79 Å². The van der Waals surface area contributed by atoms with Gasteiger partial charge in [-0.1, -0.05) is 0 Å². The maximum Gasteiger partial charge on any atom is 0.231 e. The maximum absolute atomic E-state index is 11.9. The Bertz CT molecular complexity index is 450. The third-order valence-electron chi connectivity index (χ3n) is 2.86. The molecule has 1 aromatic heterocycles. The zero-order valence-electron chi connectivity index (χ0n) is 9.51. The number of ether oxygens (including phenoxy) is 1. The number of nitrogens with one attached hydrogen (secondary N) is 1. The Labute approximate surface area is 99.4 Å². The van der Waals surface area contributed by atoms with Crippen LogP contribution in [0.15, 0.2) is 18.3 Å². The molecule has 5 heteroatoms. The van der Waals surface area contributed by atoms with Crippen LogP contribution in [0.3, 0.4) is 0 Å². The summed E-state index contributed by atoms with van der Waals surface area (Å²) in [6, 6.07) is 5.22. The van der Waals surface area contributed by atoms with Crippen LogP contribution in [0.5, 0.6) is 0 Å². The van der Waals surface area contributed by atoms with Crippen LogP contribution in [0.1, 0.15) is 18.9 Å². The van der Waals surface area contributed by atoms with E-state index < -0.39 is 0 Å². The highest BCUT2D eigenvalue weighted by Gasteiger charge is 2.30. The Balaban J connectivity index is 2.00. The lowest BCUT2D eigenvalue weighted by Crippen LogP contribution is -2.28. The number of nitriles is 1. The van der Waals surface area contributed by atoms with Crippen LogP contribution in [0.25, 0.3) is 0 Å². The molecule has 2 atom stereocenters. The molecule has 1 N–H and O–H groups in total. The van der Waals surface area contributed by atoms with Gasteiger partial charge in [0, 0.05) is 12.8 Å². The third kappa shape index (κ3) is 2.60. The average molecular weight is 231 g/mol. The standard InChI is InChI=1S/C12H13N3O2/c1-8-10(4-5-17-8)12(16)15-11-3-2-9(6-13)7-14-11/h2-3,7-8,10H,4-5H2,1H3,(H,14,15,16). The summed E-state index contributed by atoms with van der Waals surface area (Å²) in [5.74, 6) is 0.271. The van der Waals surface area contributed by atoms with E-state index in [2.05, 4.69) is 10.3 Å². The molecule has 5 nitrogen and oxygen atoms in total. The number of carbonyl (C=O) groups is 1. The van der Waals surface area contributed by atoms with Crippen molar-refractivity contribution in [1.29, 1.82) is 5.26 Å². The highest BCUT2D eigenvalue weighted by Crippen LogP contribution is 2.21. The lowest BCUT2D eigenvalue weighted by molar-refractivity contribution is -0.121. The number of nitrogens with zero attached hydrogens (tertiary/aromatic N) is 2. The minimum atomic E-state index is -0.118. The number of pyridine rings is 1. The van der Waals surface area contributed by atoms with Crippen LogP contribution in [0, 0.1) is 17.2 Å². The fourth-order valence-electron chi connectivity index (χ4n) is 1.83. The molecule has 0 spiro atoms. The van der Waals surface area contributed by atoms with Gasteiger partial charge in [-0.15, -0.1) is 0 Å². The summed E-state index contributed by atoms with van der Waals surface area (Å²) < 4.78 is 5.34. The molecule has 17 heavy (non-hydrogen) atoms. The molecule has 2 heterocycles. The highest BCUT2D eigenvalue weighted by atomic mass is 16.5. The molecule has 1 saturated heterocycles. The first-order valence-corrected chi connectivity index (χ1v) is 5.49. The van der Waals surface area contributed by atoms with E-state index in [1.165, 1.54) is 6.20 Å². The minimum Gasteiger partial charge on any atom is -0.378 e. The molecule has 1 fully saturated rings. The average Bonchev–Trinajstić information content (AvgIpc) is 2.76. The highest BCUT2D eigenvalue weighted by molar-refractivity contribution is 5.92. The van der Waals surface area contributed by atoms with Crippen molar-refractivity contribution < 1.29 is 9.53 Å². The summed E-state index contributed by atoms with van der Waals surface area (Å²) in [7, 11) is 0. The molecule has 1 aromatic rings. The smallest absolute Gasteiger partial charge is 0.231 e. The predicted molar refractivity (Wildman–Crippen MR) is 61.1 cm³/mol. The lowest BCUT2D eigenvalue weighted by Gasteiger charge is -2.13. The quantitative estimate of drug-likeness (QED) is 0.832. The molecule has 1 amide bonds. The van der Waals surface area contributed by atoms with E-state index in [-0.39, 0.29) is 17.9 Å². The van der Waals surface area contributed by atoms with Gasteiger partial charge in [-0.2, -0.15) is 5.26 Å². The van der Waals surface area contributed by atoms with Crippen LogP contribution in [-0.2, 0) is 9.53 Å². The van der Waals surface area contributed by atoms with Gasteiger partial charge in [-0.25, -0.2) is 4.98 Å². The van der Waals surface area contributed by atoms with E-state index >= 15 is 0 Å². The van der Waals surface area contributed by atoms with Gasteiger partial charge in [0.05, 0.1) is 17.6 Å². The number of aromatic nitrogens is 1. The Kier molecular flexibility index (Phi) is 3.35. The van der Waals surface area contributed by atoms with E-state index in [0.29, 0.717) is 18.0 Å². The molecule has 0 aliphatic carbocycles. The summed E-state index contributed by atoms with van der Waals surface area (Å²) in [6.07, 6.45) is 2.13. The van der Waals surface area contributed by atoms with E-state index in [1.807, 2.05) is 13.0 Å². The molecule has 88 valence electrons. The largest absolute Gasteiger partial charge is 0.378 e. The van der Waals surface area contributed by atoms with Crippen molar-refractivity contribution in [2.45, 2.75) is 19.4 Å². The van der Waals surface area contributed by atoms with Gasteiger partial charge in [-0.3, -0.25) is 4.79 Å².